The monoisotopic (exact) mass is 309 g/mol. The van der Waals surface area contributed by atoms with Crippen molar-refractivity contribution in [3.05, 3.63) is 60.3 Å². The van der Waals surface area contributed by atoms with Gasteiger partial charge in [0.2, 0.25) is 5.91 Å². The highest BCUT2D eigenvalue weighted by Crippen LogP contribution is 2.20. The van der Waals surface area contributed by atoms with Crippen LogP contribution in [0, 0.1) is 0 Å². The minimum atomic E-state index is 0.0195. The molecule has 0 fully saturated rings. The molecule has 5 heteroatoms. The molecule has 0 aliphatic rings. The van der Waals surface area contributed by atoms with Crippen molar-refractivity contribution in [3.63, 3.8) is 0 Å². The molecule has 0 spiro atoms. The highest BCUT2D eigenvalue weighted by Gasteiger charge is 2.07. The fourth-order valence-electron chi connectivity index (χ4n) is 2.46. The maximum atomic E-state index is 12.0. The molecule has 0 unspecified atom stereocenters. The first-order valence-electron chi connectivity index (χ1n) is 7.56. The fraction of sp³-hybridized carbons (Fsp3) is 0.222. The summed E-state index contributed by atoms with van der Waals surface area (Å²) >= 11 is 0. The van der Waals surface area contributed by atoms with Crippen LogP contribution < -0.4 is 10.1 Å². The van der Waals surface area contributed by atoms with Gasteiger partial charge in [0.1, 0.15) is 5.75 Å². The number of aryl methyl sites for hydroxylation is 1. The SMILES string of the molecule is COc1ccc2c(cnn2CCC(=O)NCc2ccccc2)c1. The quantitative estimate of drug-likeness (QED) is 0.762. The molecule has 0 aliphatic carbocycles. The number of hydrogen-bond donors (Lipinski definition) is 1. The smallest absolute Gasteiger partial charge is 0.222 e. The second-order valence-corrected chi connectivity index (χ2v) is 5.30. The third kappa shape index (κ3) is 3.69. The van der Waals surface area contributed by atoms with Crippen molar-refractivity contribution in [2.45, 2.75) is 19.5 Å². The zero-order valence-corrected chi connectivity index (χ0v) is 13.0. The standard InChI is InChI=1S/C18H19N3O2/c1-23-16-7-8-17-15(11-16)13-20-21(17)10-9-18(22)19-12-14-5-3-2-4-6-14/h2-8,11,13H,9-10,12H2,1H3,(H,19,22). The summed E-state index contributed by atoms with van der Waals surface area (Å²) in [6.07, 6.45) is 2.19. The number of aromatic nitrogens is 2. The lowest BCUT2D eigenvalue weighted by Crippen LogP contribution is -2.24. The van der Waals surface area contributed by atoms with Gasteiger partial charge in [0.05, 0.1) is 25.4 Å². The number of amides is 1. The fourth-order valence-corrected chi connectivity index (χ4v) is 2.46. The van der Waals surface area contributed by atoms with Crippen LogP contribution in [0.1, 0.15) is 12.0 Å². The van der Waals surface area contributed by atoms with Gasteiger partial charge in [-0.2, -0.15) is 5.10 Å². The van der Waals surface area contributed by atoms with Crippen molar-refractivity contribution in [2.24, 2.45) is 0 Å². The zero-order valence-electron chi connectivity index (χ0n) is 13.0. The van der Waals surface area contributed by atoms with Gasteiger partial charge < -0.3 is 10.1 Å². The Bertz CT molecular complexity index is 796. The van der Waals surface area contributed by atoms with E-state index in [0.29, 0.717) is 19.5 Å². The van der Waals surface area contributed by atoms with E-state index in [4.69, 9.17) is 4.74 Å². The Morgan fingerprint density at radius 1 is 1.22 bits per heavy atom. The Morgan fingerprint density at radius 3 is 2.83 bits per heavy atom. The Morgan fingerprint density at radius 2 is 2.04 bits per heavy atom. The van der Waals surface area contributed by atoms with E-state index < -0.39 is 0 Å². The van der Waals surface area contributed by atoms with E-state index in [1.807, 2.05) is 53.2 Å². The van der Waals surface area contributed by atoms with Gasteiger partial charge >= 0.3 is 0 Å². The lowest BCUT2D eigenvalue weighted by Gasteiger charge is -2.07. The third-order valence-electron chi connectivity index (χ3n) is 3.73. The van der Waals surface area contributed by atoms with E-state index in [2.05, 4.69) is 10.4 Å². The summed E-state index contributed by atoms with van der Waals surface area (Å²) in [4.78, 5) is 12.0. The zero-order chi connectivity index (χ0) is 16.1. The lowest BCUT2D eigenvalue weighted by molar-refractivity contribution is -0.121. The number of benzene rings is 2. The van der Waals surface area contributed by atoms with Crippen molar-refractivity contribution in [3.8, 4) is 5.75 Å². The number of fused-ring (bicyclic) bond motifs is 1. The lowest BCUT2D eigenvalue weighted by atomic mass is 10.2. The predicted molar refractivity (Wildman–Crippen MR) is 89.2 cm³/mol. The number of nitrogens with zero attached hydrogens (tertiary/aromatic N) is 2. The van der Waals surface area contributed by atoms with Crippen molar-refractivity contribution < 1.29 is 9.53 Å². The summed E-state index contributed by atoms with van der Waals surface area (Å²) in [5, 5.41) is 8.28. The molecule has 0 saturated heterocycles. The molecule has 0 atom stereocenters. The highest BCUT2D eigenvalue weighted by atomic mass is 16.5. The average Bonchev–Trinajstić information content (AvgIpc) is 3.01. The first-order valence-corrected chi connectivity index (χ1v) is 7.56. The first kappa shape index (κ1) is 15.1. The summed E-state index contributed by atoms with van der Waals surface area (Å²) < 4.78 is 7.05. The summed E-state index contributed by atoms with van der Waals surface area (Å²) in [5.74, 6) is 0.823. The van der Waals surface area contributed by atoms with Crippen LogP contribution in [0.2, 0.25) is 0 Å². The van der Waals surface area contributed by atoms with Crippen LogP contribution in [0.5, 0.6) is 5.75 Å². The van der Waals surface area contributed by atoms with Gasteiger partial charge in [-0.25, -0.2) is 0 Å². The van der Waals surface area contributed by atoms with Crippen molar-refractivity contribution in [2.75, 3.05) is 7.11 Å². The molecule has 23 heavy (non-hydrogen) atoms. The van der Waals surface area contributed by atoms with Crippen LogP contribution in [-0.4, -0.2) is 22.8 Å². The third-order valence-corrected chi connectivity index (χ3v) is 3.73. The molecule has 0 aliphatic heterocycles. The molecule has 5 nitrogen and oxygen atoms in total. The largest absolute Gasteiger partial charge is 0.497 e. The van der Waals surface area contributed by atoms with E-state index >= 15 is 0 Å². The number of methoxy groups -OCH3 is 1. The van der Waals surface area contributed by atoms with Crippen molar-refractivity contribution >= 4 is 16.8 Å². The first-order chi connectivity index (χ1) is 11.3. The van der Waals surface area contributed by atoms with E-state index in [0.717, 1.165) is 22.2 Å². The van der Waals surface area contributed by atoms with E-state index in [9.17, 15) is 4.79 Å². The van der Waals surface area contributed by atoms with E-state index in [1.165, 1.54) is 0 Å². The van der Waals surface area contributed by atoms with Crippen molar-refractivity contribution in [1.29, 1.82) is 0 Å². The van der Waals surface area contributed by atoms with Crippen molar-refractivity contribution in [1.82, 2.24) is 15.1 Å². The average molecular weight is 309 g/mol. The maximum Gasteiger partial charge on any atom is 0.222 e. The molecule has 2 aromatic carbocycles. The summed E-state index contributed by atoms with van der Waals surface area (Å²) in [5.41, 5.74) is 2.10. The molecular formula is C18H19N3O2. The normalized spacial score (nSPS) is 10.7. The van der Waals surface area contributed by atoms with Gasteiger partial charge in [-0.1, -0.05) is 30.3 Å². The molecule has 0 radical (unpaired) electrons. The Kier molecular flexibility index (Phi) is 4.57. The van der Waals surface area contributed by atoms with Gasteiger partial charge in [-0.3, -0.25) is 9.48 Å². The van der Waals surface area contributed by atoms with Crippen LogP contribution in [0.3, 0.4) is 0 Å². The number of rotatable bonds is 6. The van der Waals surface area contributed by atoms with Gasteiger partial charge in [0.15, 0.2) is 0 Å². The molecular weight excluding hydrogens is 290 g/mol. The van der Waals surface area contributed by atoms with Crippen LogP contribution in [0.4, 0.5) is 0 Å². The van der Waals surface area contributed by atoms with Crippen LogP contribution in [-0.2, 0) is 17.9 Å². The minimum absolute atomic E-state index is 0.0195. The second kappa shape index (κ2) is 6.96. The second-order valence-electron chi connectivity index (χ2n) is 5.30. The van der Waals surface area contributed by atoms with Crippen LogP contribution in [0.15, 0.2) is 54.7 Å². The molecule has 3 rings (SSSR count). The number of carbonyl (C=O) groups excluding carboxylic acids is 1. The van der Waals surface area contributed by atoms with Gasteiger partial charge in [-0.05, 0) is 23.8 Å². The molecule has 1 aromatic heterocycles. The topological polar surface area (TPSA) is 56.2 Å². The highest BCUT2D eigenvalue weighted by molar-refractivity contribution is 5.80. The predicted octanol–water partition coefficient (Wildman–Crippen LogP) is 2.75. The van der Waals surface area contributed by atoms with E-state index in [-0.39, 0.29) is 5.91 Å². The Hall–Kier alpha value is -2.82. The summed E-state index contributed by atoms with van der Waals surface area (Å²) in [6, 6.07) is 15.7. The number of hydrogen-bond acceptors (Lipinski definition) is 3. The molecule has 3 aromatic rings. The van der Waals surface area contributed by atoms with Gasteiger partial charge in [0.25, 0.3) is 0 Å². The molecule has 1 N–H and O–H groups in total. The van der Waals surface area contributed by atoms with Crippen LogP contribution in [0.25, 0.3) is 10.9 Å². The molecule has 0 bridgehead atoms. The number of nitrogens with one attached hydrogen (secondary N) is 1. The summed E-state index contributed by atoms with van der Waals surface area (Å²) in [7, 11) is 1.64. The van der Waals surface area contributed by atoms with Gasteiger partial charge in [0, 0.05) is 18.4 Å². The number of carbonyl (C=O) groups is 1. The molecule has 0 saturated carbocycles. The number of ether oxygens (including phenoxy) is 1. The van der Waals surface area contributed by atoms with Crippen LogP contribution >= 0.6 is 0 Å². The molecule has 118 valence electrons. The molecule has 1 amide bonds. The Labute approximate surface area is 134 Å². The maximum absolute atomic E-state index is 12.0. The minimum Gasteiger partial charge on any atom is -0.497 e. The van der Waals surface area contributed by atoms with Gasteiger partial charge in [-0.15, -0.1) is 0 Å². The van der Waals surface area contributed by atoms with E-state index in [1.54, 1.807) is 13.3 Å². The molecule has 1 heterocycles. The Balaban J connectivity index is 1.56. The summed E-state index contributed by atoms with van der Waals surface area (Å²) in [6.45, 7) is 1.10.